The van der Waals surface area contributed by atoms with Crippen LogP contribution in [0.4, 0.5) is 4.79 Å². The molecule has 15 nitrogen and oxygen atoms in total. The van der Waals surface area contributed by atoms with Crippen LogP contribution in [-0.4, -0.2) is 142 Å². The van der Waals surface area contributed by atoms with Gasteiger partial charge in [0.05, 0.1) is 26.4 Å². The van der Waals surface area contributed by atoms with Gasteiger partial charge in [0.2, 0.25) is 0 Å². The quantitative estimate of drug-likeness (QED) is 0.0651. The molecule has 2 rings (SSSR count). The summed E-state index contributed by atoms with van der Waals surface area (Å²) in [6.07, 6.45) is -7.62. The van der Waals surface area contributed by atoms with Crippen LogP contribution >= 0.6 is 0 Å². The van der Waals surface area contributed by atoms with Crippen LogP contribution in [-0.2, 0) is 28.4 Å². The highest BCUT2D eigenvalue weighted by molar-refractivity contribution is 5.67. The summed E-state index contributed by atoms with van der Waals surface area (Å²) in [7, 11) is 0. The number of hydrogen-bond acceptors (Lipinski definition) is 14. The molecule has 0 radical (unpaired) electrons. The van der Waals surface area contributed by atoms with Crippen molar-refractivity contribution in [3.8, 4) is 0 Å². The highest BCUT2D eigenvalue weighted by Gasteiger charge is 2.51. The number of unbranched alkanes of at least 4 members (excludes halogenated alkanes) is 6. The van der Waals surface area contributed by atoms with Crippen LogP contribution in [0.15, 0.2) is 0 Å². The fraction of sp³-hybridized carbons (Fsp3) is 0.964. The van der Waals surface area contributed by atoms with Crippen molar-refractivity contribution in [1.29, 1.82) is 0 Å². The Bertz CT molecular complexity index is 762. The van der Waals surface area contributed by atoms with E-state index in [0.29, 0.717) is 13.2 Å². The van der Waals surface area contributed by atoms with Gasteiger partial charge in [-0.25, -0.2) is 4.79 Å². The Labute approximate surface area is 253 Å². The van der Waals surface area contributed by atoms with Gasteiger partial charge >= 0.3 is 6.09 Å². The largest absolute Gasteiger partial charge is 0.444 e. The Morgan fingerprint density at radius 2 is 1.35 bits per heavy atom. The predicted octanol–water partition coefficient (Wildman–Crippen LogP) is -0.753. The van der Waals surface area contributed by atoms with E-state index in [1.807, 2.05) is 0 Å². The van der Waals surface area contributed by atoms with Crippen molar-refractivity contribution < 1.29 is 69.0 Å². The molecule has 8 N–H and O–H groups in total. The van der Waals surface area contributed by atoms with Crippen molar-refractivity contribution in [2.75, 3.05) is 33.0 Å². The van der Waals surface area contributed by atoms with E-state index in [2.05, 4.69) is 19.2 Å². The maximum absolute atomic E-state index is 12.8. The molecule has 0 aromatic heterocycles. The Hall–Kier alpha value is -1.21. The van der Waals surface area contributed by atoms with Crippen LogP contribution in [0.1, 0.15) is 72.1 Å². The van der Waals surface area contributed by atoms with E-state index in [1.165, 1.54) is 0 Å². The van der Waals surface area contributed by atoms with Crippen LogP contribution in [0.3, 0.4) is 0 Å². The van der Waals surface area contributed by atoms with Crippen LogP contribution < -0.4 is 5.32 Å². The van der Waals surface area contributed by atoms with E-state index in [4.69, 9.17) is 28.4 Å². The van der Waals surface area contributed by atoms with Gasteiger partial charge in [0.1, 0.15) is 55.4 Å². The molecule has 0 aromatic rings. The number of carbonyl (C=O) groups is 1. The topological polar surface area (TPSA) is 226 Å². The lowest BCUT2D eigenvalue weighted by atomic mass is 9.95. The minimum atomic E-state index is -1.80. The van der Waals surface area contributed by atoms with Crippen LogP contribution in [0.5, 0.6) is 0 Å². The molecular formula is C28H53NO14. The predicted molar refractivity (Wildman–Crippen MR) is 149 cm³/mol. The monoisotopic (exact) mass is 627 g/mol. The Kier molecular flexibility index (Phi) is 17.1. The summed E-state index contributed by atoms with van der Waals surface area (Å²) in [5.74, 6) is -1.23. The van der Waals surface area contributed by atoms with Crippen LogP contribution in [0, 0.1) is 0 Å². The lowest BCUT2D eigenvalue weighted by Gasteiger charge is -2.46. The van der Waals surface area contributed by atoms with Gasteiger partial charge in [0.25, 0.3) is 0 Å². The summed E-state index contributed by atoms with van der Waals surface area (Å²) >= 11 is 0. The number of ether oxygens (including phenoxy) is 6. The summed E-state index contributed by atoms with van der Waals surface area (Å²) in [5.41, 5.74) is 0. The first-order valence-electron chi connectivity index (χ1n) is 15.3. The number of aliphatic hydroxyl groups is 7. The molecule has 15 heteroatoms. The zero-order valence-electron chi connectivity index (χ0n) is 25.5. The first-order valence-corrected chi connectivity index (χ1v) is 15.3. The van der Waals surface area contributed by atoms with Gasteiger partial charge < -0.3 is 69.5 Å². The summed E-state index contributed by atoms with van der Waals surface area (Å²) in [6.45, 7) is 4.96. The zero-order valence-corrected chi connectivity index (χ0v) is 25.5. The summed E-state index contributed by atoms with van der Waals surface area (Å²) < 4.78 is 33.5. The van der Waals surface area contributed by atoms with Gasteiger partial charge in [0, 0.05) is 0 Å². The first kappa shape index (κ1) is 38.0. The van der Waals surface area contributed by atoms with Gasteiger partial charge in [0.15, 0.2) is 18.4 Å². The molecule has 0 aromatic carbocycles. The Morgan fingerprint density at radius 1 is 0.767 bits per heavy atom. The average molecular weight is 628 g/mol. The van der Waals surface area contributed by atoms with Crippen molar-refractivity contribution >= 4 is 6.09 Å². The molecular weight excluding hydrogens is 574 g/mol. The SMILES string of the molecule is CCCCCCOC(C)(COC(=O)N[C@@H]1[C@@H](O)[C@H](O[C@H]2O[C@H](CO)[C@@H](O)[C@H](O)[C@H]2O)[C@@H](CO)O[C@H]1O)OCCCCCC. The molecule has 0 unspecified atom stereocenters. The van der Waals surface area contributed by atoms with Gasteiger partial charge in [-0.3, -0.25) is 0 Å². The molecule has 254 valence electrons. The smallest absolute Gasteiger partial charge is 0.407 e. The second kappa shape index (κ2) is 19.3. The van der Waals surface area contributed by atoms with Gasteiger partial charge in [-0.15, -0.1) is 0 Å². The number of carbonyl (C=O) groups excluding carboxylic acids is 1. The number of aliphatic hydroxyl groups excluding tert-OH is 7. The first-order chi connectivity index (χ1) is 20.5. The highest BCUT2D eigenvalue weighted by Crippen LogP contribution is 2.29. The highest BCUT2D eigenvalue weighted by atomic mass is 16.7. The Balaban J connectivity index is 2.02. The number of hydrogen-bond donors (Lipinski definition) is 8. The minimum Gasteiger partial charge on any atom is -0.444 e. The number of nitrogens with one attached hydrogen (secondary N) is 1. The molecule has 0 bridgehead atoms. The summed E-state index contributed by atoms with van der Waals surface area (Å²) in [5, 5.41) is 73.4. The van der Waals surface area contributed by atoms with E-state index in [-0.39, 0.29) is 6.61 Å². The third kappa shape index (κ3) is 11.6. The van der Waals surface area contributed by atoms with E-state index in [1.54, 1.807) is 6.92 Å². The molecule has 2 aliphatic rings. The number of alkyl carbamates (subject to hydrolysis) is 1. The standard InChI is InChI=1S/C28H53NO14/c1-4-6-8-10-12-39-28(3,40-13-11-9-7-5-2)16-38-27(37)29-19-21(33)24(18(15-31)41-25(19)36)43-26-23(35)22(34)20(32)17(14-30)42-26/h17-26,30-36H,4-16H2,1-3H3,(H,29,37)/t17-,18-,19-,20-,21-,22+,23-,24-,25-,26-/m1/s1. The van der Waals surface area contributed by atoms with E-state index in [0.717, 1.165) is 51.4 Å². The van der Waals surface area contributed by atoms with Crippen LogP contribution in [0.2, 0.25) is 0 Å². The average Bonchev–Trinajstić information content (AvgIpc) is 2.99. The molecule has 2 heterocycles. The molecule has 2 saturated heterocycles. The Morgan fingerprint density at radius 3 is 1.88 bits per heavy atom. The maximum Gasteiger partial charge on any atom is 0.407 e. The molecule has 2 fully saturated rings. The van der Waals surface area contributed by atoms with Gasteiger partial charge in [-0.05, 0) is 19.8 Å². The normalized spacial score (nSPS) is 33.3. The van der Waals surface area contributed by atoms with Crippen molar-refractivity contribution in [2.45, 2.75) is 139 Å². The van der Waals surface area contributed by atoms with Gasteiger partial charge in [-0.1, -0.05) is 52.4 Å². The van der Waals surface area contributed by atoms with E-state index >= 15 is 0 Å². The molecule has 43 heavy (non-hydrogen) atoms. The minimum absolute atomic E-state index is 0.287. The second-order valence-electron chi connectivity index (χ2n) is 11.2. The molecule has 1 amide bonds. The molecule has 0 spiro atoms. The fourth-order valence-electron chi connectivity index (χ4n) is 4.87. The molecule has 0 saturated carbocycles. The molecule has 10 atom stereocenters. The third-order valence-electron chi connectivity index (χ3n) is 7.57. The van der Waals surface area contributed by atoms with Crippen molar-refractivity contribution in [1.82, 2.24) is 5.32 Å². The van der Waals surface area contributed by atoms with Crippen molar-refractivity contribution in [3.63, 3.8) is 0 Å². The zero-order chi connectivity index (χ0) is 32.0. The summed E-state index contributed by atoms with van der Waals surface area (Å²) in [4.78, 5) is 12.8. The molecule has 0 aliphatic carbocycles. The van der Waals surface area contributed by atoms with Crippen LogP contribution in [0.25, 0.3) is 0 Å². The number of amides is 1. The lowest BCUT2D eigenvalue weighted by Crippen LogP contribution is -2.67. The third-order valence-corrected chi connectivity index (χ3v) is 7.57. The fourth-order valence-corrected chi connectivity index (χ4v) is 4.87. The van der Waals surface area contributed by atoms with E-state index < -0.39 is 86.4 Å². The molecule has 2 aliphatic heterocycles. The van der Waals surface area contributed by atoms with Crippen molar-refractivity contribution in [3.05, 3.63) is 0 Å². The van der Waals surface area contributed by atoms with Crippen molar-refractivity contribution in [2.24, 2.45) is 0 Å². The van der Waals surface area contributed by atoms with E-state index in [9.17, 15) is 40.5 Å². The lowest BCUT2D eigenvalue weighted by molar-refractivity contribution is -0.345. The maximum atomic E-state index is 12.8. The number of rotatable bonds is 19. The summed E-state index contributed by atoms with van der Waals surface area (Å²) in [6, 6.07) is -1.51. The van der Waals surface area contributed by atoms with Gasteiger partial charge in [-0.2, -0.15) is 0 Å². The second-order valence-corrected chi connectivity index (χ2v) is 11.2.